The maximum absolute atomic E-state index is 12.6. The average molecular weight is 259 g/mol. The molecule has 2 fully saturated rings. The molecule has 0 aliphatic heterocycles. The van der Waals surface area contributed by atoms with Gasteiger partial charge >= 0.3 is 0 Å². The van der Waals surface area contributed by atoms with Crippen LogP contribution in [0, 0.1) is 11.8 Å². The number of sulfone groups is 1. The molecule has 0 radical (unpaired) electrons. The van der Waals surface area contributed by atoms with E-state index in [1.165, 1.54) is 6.42 Å². The van der Waals surface area contributed by atoms with Gasteiger partial charge in [0.15, 0.2) is 9.84 Å². The summed E-state index contributed by atoms with van der Waals surface area (Å²) in [5.74, 6) is 0.700. The molecule has 5 unspecified atom stereocenters. The fourth-order valence-corrected chi connectivity index (χ4v) is 6.40. The van der Waals surface area contributed by atoms with Crippen molar-refractivity contribution in [2.75, 3.05) is 0 Å². The SMILES string of the molecule is CC1CCCC(S(=O)(=O)C2CCC(N)C2C)C1. The normalized spacial score (nSPS) is 43.8. The summed E-state index contributed by atoms with van der Waals surface area (Å²) in [7, 11) is -2.96. The molecule has 0 spiro atoms. The van der Waals surface area contributed by atoms with Gasteiger partial charge in [-0.3, -0.25) is 0 Å². The highest BCUT2D eigenvalue weighted by Crippen LogP contribution is 2.37. The monoisotopic (exact) mass is 259 g/mol. The predicted molar refractivity (Wildman–Crippen MR) is 70.5 cm³/mol. The van der Waals surface area contributed by atoms with Gasteiger partial charge < -0.3 is 5.73 Å². The van der Waals surface area contributed by atoms with Crippen molar-refractivity contribution >= 4 is 9.84 Å². The van der Waals surface area contributed by atoms with Crippen molar-refractivity contribution < 1.29 is 8.42 Å². The quantitative estimate of drug-likeness (QED) is 0.826. The molecular formula is C13H25NO2S. The van der Waals surface area contributed by atoms with Crippen molar-refractivity contribution in [3.63, 3.8) is 0 Å². The Kier molecular flexibility index (Phi) is 3.83. The van der Waals surface area contributed by atoms with Crippen LogP contribution in [0.2, 0.25) is 0 Å². The first kappa shape index (κ1) is 13.3. The van der Waals surface area contributed by atoms with Crippen LogP contribution in [0.5, 0.6) is 0 Å². The van der Waals surface area contributed by atoms with Crippen LogP contribution in [-0.2, 0) is 9.84 Å². The topological polar surface area (TPSA) is 60.2 Å². The van der Waals surface area contributed by atoms with Crippen LogP contribution in [0.1, 0.15) is 52.4 Å². The van der Waals surface area contributed by atoms with Crippen molar-refractivity contribution in [1.29, 1.82) is 0 Å². The predicted octanol–water partition coefficient (Wildman–Crippen LogP) is 2.11. The molecule has 0 heterocycles. The van der Waals surface area contributed by atoms with Crippen LogP contribution < -0.4 is 5.73 Å². The second-order valence-electron chi connectivity index (χ2n) is 6.12. The zero-order valence-corrected chi connectivity index (χ0v) is 11.7. The lowest BCUT2D eigenvalue weighted by Gasteiger charge is -2.30. The lowest BCUT2D eigenvalue weighted by Crippen LogP contribution is -2.39. The Morgan fingerprint density at radius 1 is 1.06 bits per heavy atom. The summed E-state index contributed by atoms with van der Waals surface area (Å²) in [5.41, 5.74) is 5.96. The maximum Gasteiger partial charge on any atom is 0.156 e. The molecule has 0 aromatic rings. The van der Waals surface area contributed by atoms with Gasteiger partial charge in [-0.05, 0) is 37.5 Å². The van der Waals surface area contributed by atoms with E-state index in [0.717, 1.165) is 32.1 Å². The molecule has 5 atom stereocenters. The minimum Gasteiger partial charge on any atom is -0.327 e. The van der Waals surface area contributed by atoms with E-state index in [4.69, 9.17) is 5.73 Å². The van der Waals surface area contributed by atoms with Gasteiger partial charge in [0.2, 0.25) is 0 Å². The summed E-state index contributed by atoms with van der Waals surface area (Å²) in [6.07, 6.45) is 5.62. The Labute approximate surface area is 105 Å². The van der Waals surface area contributed by atoms with Crippen LogP contribution >= 0.6 is 0 Å². The Bertz CT molecular complexity index is 366. The fraction of sp³-hybridized carbons (Fsp3) is 1.00. The van der Waals surface area contributed by atoms with E-state index in [-0.39, 0.29) is 22.5 Å². The standard InChI is InChI=1S/C13H25NO2S/c1-9-4-3-5-11(8-9)17(15,16)13-7-6-12(14)10(13)2/h9-13H,3-8,14H2,1-2H3. The van der Waals surface area contributed by atoms with E-state index in [0.29, 0.717) is 5.92 Å². The van der Waals surface area contributed by atoms with Gasteiger partial charge in [0.1, 0.15) is 0 Å². The van der Waals surface area contributed by atoms with Crippen molar-refractivity contribution in [3.8, 4) is 0 Å². The minimum absolute atomic E-state index is 0.0794. The second kappa shape index (κ2) is 4.88. The smallest absolute Gasteiger partial charge is 0.156 e. The first-order valence-electron chi connectivity index (χ1n) is 6.91. The van der Waals surface area contributed by atoms with E-state index in [1.54, 1.807) is 0 Å². The molecule has 17 heavy (non-hydrogen) atoms. The summed E-state index contributed by atoms with van der Waals surface area (Å²) in [4.78, 5) is 0. The van der Waals surface area contributed by atoms with Crippen LogP contribution in [-0.4, -0.2) is 25.0 Å². The zero-order chi connectivity index (χ0) is 12.6. The van der Waals surface area contributed by atoms with Gasteiger partial charge in [0.05, 0.1) is 10.5 Å². The van der Waals surface area contributed by atoms with Gasteiger partial charge in [-0.2, -0.15) is 0 Å². The minimum atomic E-state index is -2.96. The van der Waals surface area contributed by atoms with Crippen LogP contribution in [0.4, 0.5) is 0 Å². The molecule has 0 aromatic carbocycles. The summed E-state index contributed by atoms with van der Waals surface area (Å²) < 4.78 is 25.3. The molecule has 3 nitrogen and oxygen atoms in total. The van der Waals surface area contributed by atoms with Crippen molar-refractivity contribution in [2.24, 2.45) is 17.6 Å². The second-order valence-corrected chi connectivity index (χ2v) is 8.57. The summed E-state index contributed by atoms with van der Waals surface area (Å²) in [6, 6.07) is 0.0794. The highest BCUT2D eigenvalue weighted by Gasteiger charge is 2.43. The largest absolute Gasteiger partial charge is 0.327 e. The van der Waals surface area contributed by atoms with E-state index < -0.39 is 9.84 Å². The number of hydrogen-bond acceptors (Lipinski definition) is 3. The van der Waals surface area contributed by atoms with E-state index in [1.807, 2.05) is 6.92 Å². The van der Waals surface area contributed by atoms with E-state index in [2.05, 4.69) is 6.92 Å². The molecule has 0 bridgehead atoms. The van der Waals surface area contributed by atoms with E-state index in [9.17, 15) is 8.42 Å². The molecule has 2 aliphatic rings. The van der Waals surface area contributed by atoms with Gasteiger partial charge in [0, 0.05) is 6.04 Å². The lowest BCUT2D eigenvalue weighted by atomic mass is 9.90. The highest BCUT2D eigenvalue weighted by molar-refractivity contribution is 7.92. The lowest BCUT2D eigenvalue weighted by molar-refractivity contribution is 0.377. The van der Waals surface area contributed by atoms with Gasteiger partial charge in [0.25, 0.3) is 0 Å². The molecule has 2 aliphatic carbocycles. The molecule has 0 aromatic heterocycles. The summed E-state index contributed by atoms with van der Waals surface area (Å²) in [6.45, 7) is 4.18. The molecule has 2 saturated carbocycles. The molecule has 0 amide bonds. The van der Waals surface area contributed by atoms with Crippen molar-refractivity contribution in [1.82, 2.24) is 0 Å². The summed E-state index contributed by atoms with van der Waals surface area (Å²) >= 11 is 0. The molecule has 2 N–H and O–H groups in total. The van der Waals surface area contributed by atoms with Crippen molar-refractivity contribution in [2.45, 2.75) is 68.9 Å². The fourth-order valence-electron chi connectivity index (χ4n) is 3.55. The molecule has 100 valence electrons. The Morgan fingerprint density at radius 3 is 2.29 bits per heavy atom. The van der Waals surface area contributed by atoms with Crippen LogP contribution in [0.3, 0.4) is 0 Å². The Morgan fingerprint density at radius 2 is 1.76 bits per heavy atom. The third-order valence-electron chi connectivity index (χ3n) is 4.82. The zero-order valence-electron chi connectivity index (χ0n) is 10.9. The third kappa shape index (κ3) is 2.53. The van der Waals surface area contributed by atoms with Crippen molar-refractivity contribution in [3.05, 3.63) is 0 Å². The van der Waals surface area contributed by atoms with Crippen LogP contribution in [0.25, 0.3) is 0 Å². The highest BCUT2D eigenvalue weighted by atomic mass is 32.2. The summed E-state index contributed by atoms with van der Waals surface area (Å²) in [5, 5.41) is -0.267. The Balaban J connectivity index is 2.13. The molecule has 2 rings (SSSR count). The maximum atomic E-state index is 12.6. The Hall–Kier alpha value is -0.0900. The third-order valence-corrected chi connectivity index (χ3v) is 7.69. The van der Waals surface area contributed by atoms with Gasteiger partial charge in [-0.15, -0.1) is 0 Å². The van der Waals surface area contributed by atoms with Gasteiger partial charge in [-0.1, -0.05) is 26.7 Å². The number of hydrogen-bond donors (Lipinski definition) is 1. The average Bonchev–Trinajstić information content (AvgIpc) is 2.60. The molecular weight excluding hydrogens is 234 g/mol. The molecule has 4 heteroatoms. The van der Waals surface area contributed by atoms with Crippen LogP contribution in [0.15, 0.2) is 0 Å². The first-order chi connectivity index (χ1) is 7.93. The van der Waals surface area contributed by atoms with Gasteiger partial charge in [-0.25, -0.2) is 8.42 Å². The molecule has 0 saturated heterocycles. The first-order valence-corrected chi connectivity index (χ1v) is 8.52. The number of nitrogens with two attached hydrogens (primary N) is 1. The van der Waals surface area contributed by atoms with E-state index >= 15 is 0 Å². The number of rotatable bonds is 2.